The molecule has 142 valence electrons. The molecule has 2 aromatic rings. The van der Waals surface area contributed by atoms with Gasteiger partial charge in [0.25, 0.3) is 0 Å². The molecule has 0 aromatic heterocycles. The van der Waals surface area contributed by atoms with Gasteiger partial charge in [0.15, 0.2) is 0 Å². The first-order chi connectivity index (χ1) is 13.0. The van der Waals surface area contributed by atoms with Gasteiger partial charge in [-0.05, 0) is 60.2 Å². The summed E-state index contributed by atoms with van der Waals surface area (Å²) in [6.45, 7) is 0.287. The molecule has 27 heavy (non-hydrogen) atoms. The Balaban J connectivity index is 1.45. The molecule has 5 N–H and O–H groups in total. The Morgan fingerprint density at radius 2 is 1.89 bits per heavy atom. The van der Waals surface area contributed by atoms with Crippen molar-refractivity contribution in [2.24, 2.45) is 0 Å². The van der Waals surface area contributed by atoms with E-state index < -0.39 is 6.03 Å². The number of hydrogen-bond donors (Lipinski definition) is 4. The van der Waals surface area contributed by atoms with Crippen LogP contribution in [-0.2, 0) is 17.8 Å². The van der Waals surface area contributed by atoms with Crippen LogP contribution in [0.2, 0.25) is 5.02 Å². The standard InChI is InChI=1S/C20H23ClN4O2/c21-15-6-4-13(5-7-15)11-23-20(27)24-12-19(26)25-18-3-1-2-14-10-16(22)8-9-17(14)18/h4-10,18H,1-3,11-12,22H2,(H,25,26)(H2,23,24,27). The summed E-state index contributed by atoms with van der Waals surface area (Å²) < 4.78 is 0. The van der Waals surface area contributed by atoms with Crippen LogP contribution in [-0.4, -0.2) is 18.5 Å². The Morgan fingerprint density at radius 3 is 2.67 bits per heavy atom. The smallest absolute Gasteiger partial charge is 0.315 e. The molecule has 1 unspecified atom stereocenters. The van der Waals surface area contributed by atoms with Crippen molar-refractivity contribution in [3.63, 3.8) is 0 Å². The fourth-order valence-electron chi connectivity index (χ4n) is 3.24. The van der Waals surface area contributed by atoms with Gasteiger partial charge in [-0.25, -0.2) is 4.79 Å². The van der Waals surface area contributed by atoms with Crippen molar-refractivity contribution >= 4 is 29.2 Å². The summed E-state index contributed by atoms with van der Waals surface area (Å²) in [5.74, 6) is -0.216. The molecule has 6 nitrogen and oxygen atoms in total. The van der Waals surface area contributed by atoms with Crippen molar-refractivity contribution in [3.05, 3.63) is 64.2 Å². The number of nitrogens with one attached hydrogen (secondary N) is 3. The van der Waals surface area contributed by atoms with Crippen LogP contribution in [0.3, 0.4) is 0 Å². The minimum Gasteiger partial charge on any atom is -0.399 e. The Hall–Kier alpha value is -2.73. The summed E-state index contributed by atoms with van der Waals surface area (Å²) in [5, 5.41) is 8.93. The molecule has 0 saturated carbocycles. The Labute approximate surface area is 163 Å². The number of carbonyl (C=O) groups is 2. The number of aryl methyl sites for hydroxylation is 1. The molecule has 1 aliphatic carbocycles. The van der Waals surface area contributed by atoms with Gasteiger partial charge >= 0.3 is 6.03 Å². The maximum absolute atomic E-state index is 12.2. The van der Waals surface area contributed by atoms with Crippen LogP contribution in [0.15, 0.2) is 42.5 Å². The van der Waals surface area contributed by atoms with E-state index >= 15 is 0 Å². The van der Waals surface area contributed by atoms with Crippen molar-refractivity contribution in [1.29, 1.82) is 0 Å². The van der Waals surface area contributed by atoms with E-state index in [0.29, 0.717) is 11.6 Å². The summed E-state index contributed by atoms with van der Waals surface area (Å²) >= 11 is 5.83. The first-order valence-corrected chi connectivity index (χ1v) is 9.33. The number of nitrogen functional groups attached to an aromatic ring is 1. The molecule has 0 radical (unpaired) electrons. The van der Waals surface area contributed by atoms with Crippen LogP contribution in [0, 0.1) is 0 Å². The third-order valence-electron chi connectivity index (χ3n) is 4.59. The van der Waals surface area contributed by atoms with E-state index in [1.165, 1.54) is 5.56 Å². The molecule has 1 aliphatic rings. The third kappa shape index (κ3) is 5.37. The third-order valence-corrected chi connectivity index (χ3v) is 4.84. The van der Waals surface area contributed by atoms with Gasteiger partial charge in [0, 0.05) is 17.3 Å². The molecule has 0 saturated heterocycles. The average Bonchev–Trinajstić information content (AvgIpc) is 2.66. The van der Waals surface area contributed by atoms with Gasteiger partial charge in [0.1, 0.15) is 0 Å². The van der Waals surface area contributed by atoms with E-state index in [0.717, 1.165) is 36.1 Å². The predicted molar refractivity (Wildman–Crippen MR) is 106 cm³/mol. The van der Waals surface area contributed by atoms with Gasteiger partial charge in [-0.15, -0.1) is 0 Å². The van der Waals surface area contributed by atoms with Crippen LogP contribution in [0.5, 0.6) is 0 Å². The number of benzene rings is 2. The van der Waals surface area contributed by atoms with Gasteiger partial charge in [-0.1, -0.05) is 29.8 Å². The zero-order chi connectivity index (χ0) is 19.2. The lowest BCUT2D eigenvalue weighted by Crippen LogP contribution is -2.43. The van der Waals surface area contributed by atoms with E-state index in [1.54, 1.807) is 12.1 Å². The largest absolute Gasteiger partial charge is 0.399 e. The fraction of sp³-hybridized carbons (Fsp3) is 0.300. The number of amides is 3. The summed E-state index contributed by atoms with van der Waals surface area (Å²) in [5.41, 5.74) is 9.79. The minimum atomic E-state index is -0.392. The molecule has 0 aliphatic heterocycles. The summed E-state index contributed by atoms with van der Waals surface area (Å²) in [4.78, 5) is 24.1. The molecule has 0 spiro atoms. The van der Waals surface area contributed by atoms with Crippen LogP contribution in [0.25, 0.3) is 0 Å². The molecule has 1 atom stereocenters. The van der Waals surface area contributed by atoms with Crippen molar-refractivity contribution in [3.8, 4) is 0 Å². The number of fused-ring (bicyclic) bond motifs is 1. The van der Waals surface area contributed by atoms with Crippen LogP contribution in [0.4, 0.5) is 10.5 Å². The Kier molecular flexibility index (Phi) is 6.19. The zero-order valence-corrected chi connectivity index (χ0v) is 15.7. The van der Waals surface area contributed by atoms with Crippen molar-refractivity contribution in [1.82, 2.24) is 16.0 Å². The molecular formula is C20H23ClN4O2. The number of nitrogens with two attached hydrogens (primary N) is 1. The Bertz CT molecular complexity index is 823. The number of rotatable bonds is 5. The molecular weight excluding hydrogens is 364 g/mol. The maximum atomic E-state index is 12.2. The van der Waals surface area contributed by atoms with Crippen LogP contribution >= 0.6 is 11.6 Å². The number of carbonyl (C=O) groups excluding carboxylic acids is 2. The number of urea groups is 1. The first kappa shape index (κ1) is 19.0. The van der Waals surface area contributed by atoms with Gasteiger partial charge in [0.2, 0.25) is 5.91 Å². The van der Waals surface area contributed by atoms with Gasteiger partial charge < -0.3 is 21.7 Å². The van der Waals surface area contributed by atoms with Gasteiger partial charge in [0.05, 0.1) is 12.6 Å². The van der Waals surface area contributed by atoms with Crippen LogP contribution < -0.4 is 21.7 Å². The lowest BCUT2D eigenvalue weighted by atomic mass is 9.87. The van der Waals surface area contributed by atoms with Crippen molar-refractivity contribution in [2.45, 2.75) is 31.8 Å². The van der Waals surface area contributed by atoms with E-state index in [-0.39, 0.29) is 18.5 Å². The number of halogens is 1. The molecule has 7 heteroatoms. The maximum Gasteiger partial charge on any atom is 0.315 e. The molecule has 3 amide bonds. The van der Waals surface area contributed by atoms with E-state index in [1.807, 2.05) is 30.3 Å². The van der Waals surface area contributed by atoms with E-state index in [4.69, 9.17) is 17.3 Å². The van der Waals surface area contributed by atoms with E-state index in [2.05, 4.69) is 16.0 Å². The van der Waals surface area contributed by atoms with Gasteiger partial charge in [-0.2, -0.15) is 0 Å². The zero-order valence-electron chi connectivity index (χ0n) is 14.9. The van der Waals surface area contributed by atoms with E-state index in [9.17, 15) is 9.59 Å². The summed E-state index contributed by atoms with van der Waals surface area (Å²) in [6.07, 6.45) is 2.85. The highest BCUT2D eigenvalue weighted by atomic mass is 35.5. The number of hydrogen-bond acceptors (Lipinski definition) is 3. The molecule has 0 heterocycles. The number of anilines is 1. The highest BCUT2D eigenvalue weighted by Crippen LogP contribution is 2.30. The minimum absolute atomic E-state index is 0.0409. The molecule has 2 aromatic carbocycles. The first-order valence-electron chi connectivity index (χ1n) is 8.95. The summed E-state index contributed by atoms with van der Waals surface area (Å²) in [6, 6.07) is 12.6. The van der Waals surface area contributed by atoms with Crippen LogP contribution in [0.1, 0.15) is 35.6 Å². The molecule has 0 bridgehead atoms. The summed E-state index contributed by atoms with van der Waals surface area (Å²) in [7, 11) is 0. The Morgan fingerprint density at radius 1 is 1.11 bits per heavy atom. The lowest BCUT2D eigenvalue weighted by molar-refractivity contribution is -0.120. The lowest BCUT2D eigenvalue weighted by Gasteiger charge is -2.26. The topological polar surface area (TPSA) is 96.2 Å². The molecule has 0 fully saturated rings. The second-order valence-corrected chi connectivity index (χ2v) is 7.07. The molecule has 3 rings (SSSR count). The second kappa shape index (κ2) is 8.77. The van der Waals surface area contributed by atoms with Gasteiger partial charge in [-0.3, -0.25) is 4.79 Å². The highest BCUT2D eigenvalue weighted by molar-refractivity contribution is 6.30. The average molecular weight is 387 g/mol. The fourth-order valence-corrected chi connectivity index (χ4v) is 3.36. The quantitative estimate of drug-likeness (QED) is 0.595. The second-order valence-electron chi connectivity index (χ2n) is 6.63. The monoisotopic (exact) mass is 386 g/mol. The normalized spacial score (nSPS) is 15.5. The predicted octanol–water partition coefficient (Wildman–Crippen LogP) is 2.92. The SMILES string of the molecule is Nc1ccc2c(c1)CCCC2NC(=O)CNC(=O)NCc1ccc(Cl)cc1. The van der Waals surface area contributed by atoms with Crippen molar-refractivity contribution in [2.75, 3.05) is 12.3 Å². The van der Waals surface area contributed by atoms with Crippen molar-refractivity contribution < 1.29 is 9.59 Å². The highest BCUT2D eigenvalue weighted by Gasteiger charge is 2.21.